The molecule has 2 rings (SSSR count). The number of thiophene rings is 1. The fourth-order valence-corrected chi connectivity index (χ4v) is 2.19. The Kier molecular flexibility index (Phi) is 2.53. The number of hydrogen-bond acceptors (Lipinski definition) is 3. The Labute approximate surface area is 96.5 Å². The van der Waals surface area contributed by atoms with Gasteiger partial charge in [0.1, 0.15) is 7.85 Å². The third-order valence-electron chi connectivity index (χ3n) is 3.13. The van der Waals surface area contributed by atoms with Crippen LogP contribution in [0.5, 0.6) is 0 Å². The monoisotopic (exact) mass is 220 g/mol. The highest BCUT2D eigenvalue weighted by atomic mass is 32.1. The average molecular weight is 220 g/mol. The van der Waals surface area contributed by atoms with E-state index in [1.807, 2.05) is 39.8 Å². The van der Waals surface area contributed by atoms with Crippen LogP contribution >= 0.6 is 11.3 Å². The molecule has 0 N–H and O–H groups in total. The molecule has 0 spiro atoms. The largest absolute Gasteiger partial charge is 0.505 e. The van der Waals surface area contributed by atoms with Crippen LogP contribution in [0.25, 0.3) is 0 Å². The van der Waals surface area contributed by atoms with Gasteiger partial charge in [0.2, 0.25) is 0 Å². The van der Waals surface area contributed by atoms with Crippen LogP contribution < -0.4 is 9.55 Å². The first-order valence-corrected chi connectivity index (χ1v) is 5.84. The maximum Gasteiger partial charge on any atom is 0.505 e. The van der Waals surface area contributed by atoms with Crippen LogP contribution in [-0.2, 0) is 9.31 Å². The van der Waals surface area contributed by atoms with Gasteiger partial charge >= 0.3 is 7.12 Å². The van der Waals surface area contributed by atoms with Crippen LogP contribution in [0.3, 0.4) is 0 Å². The molecule has 0 unspecified atom stereocenters. The number of hydrogen-bond donors (Lipinski definition) is 0. The van der Waals surface area contributed by atoms with Crippen LogP contribution in [0.1, 0.15) is 27.7 Å². The molecule has 1 saturated heterocycles. The summed E-state index contributed by atoms with van der Waals surface area (Å²) in [6.45, 7) is 8.18. The molecule has 0 aliphatic carbocycles. The van der Waals surface area contributed by atoms with Gasteiger partial charge in [0.15, 0.2) is 0 Å². The van der Waals surface area contributed by atoms with E-state index in [2.05, 4.69) is 0 Å². The van der Waals surface area contributed by atoms with E-state index in [0.29, 0.717) is 0 Å². The zero-order valence-electron chi connectivity index (χ0n) is 9.53. The van der Waals surface area contributed by atoms with Gasteiger partial charge in [-0.2, -0.15) is 11.3 Å². The summed E-state index contributed by atoms with van der Waals surface area (Å²) >= 11 is 1.51. The molecule has 1 aliphatic rings. The van der Waals surface area contributed by atoms with Crippen LogP contribution in [0.15, 0.2) is 12.1 Å². The first kappa shape index (κ1) is 11.2. The lowest BCUT2D eigenvalue weighted by Gasteiger charge is -2.32. The molecule has 2 radical (unpaired) electrons. The summed E-state index contributed by atoms with van der Waals surface area (Å²) in [6.07, 6.45) is 0. The predicted octanol–water partition coefficient (Wildman–Crippen LogP) is 0.841. The van der Waals surface area contributed by atoms with Crippen molar-refractivity contribution in [1.29, 1.82) is 0 Å². The molecule has 1 aliphatic heterocycles. The summed E-state index contributed by atoms with van der Waals surface area (Å²) in [6, 6.07) is 3.84. The molecular formula is C10H14B2O2S. The fraction of sp³-hybridized carbons (Fsp3) is 0.600. The zero-order chi connectivity index (χ0) is 11.3. The standard InChI is InChI=1S/C10H14B2O2S/c1-9(2)10(3,4)14-12(13-9)8-6-5-7(11)15-8/h5-6H,1-4H3. The van der Waals surface area contributed by atoms with E-state index in [1.54, 1.807) is 0 Å². The quantitative estimate of drug-likeness (QED) is 0.653. The molecular weight excluding hydrogens is 206 g/mol. The van der Waals surface area contributed by atoms with Gasteiger partial charge in [0.25, 0.3) is 0 Å². The topological polar surface area (TPSA) is 18.5 Å². The third-order valence-corrected chi connectivity index (χ3v) is 4.07. The maximum absolute atomic E-state index is 5.90. The molecule has 0 amide bonds. The van der Waals surface area contributed by atoms with Gasteiger partial charge in [-0.15, -0.1) is 0 Å². The molecule has 0 atom stereocenters. The molecule has 0 aromatic carbocycles. The minimum Gasteiger partial charge on any atom is -0.399 e. The van der Waals surface area contributed by atoms with Crippen LogP contribution in [-0.4, -0.2) is 26.2 Å². The van der Waals surface area contributed by atoms with Crippen molar-refractivity contribution in [2.75, 3.05) is 0 Å². The van der Waals surface area contributed by atoms with Crippen LogP contribution in [0, 0.1) is 0 Å². The van der Waals surface area contributed by atoms with Crippen molar-refractivity contribution in [2.24, 2.45) is 0 Å². The Bertz CT molecular complexity index is 357. The minimum absolute atomic E-state index is 0.280. The molecule has 15 heavy (non-hydrogen) atoms. The summed E-state index contributed by atoms with van der Waals surface area (Å²) in [7, 11) is 5.41. The lowest BCUT2D eigenvalue weighted by Crippen LogP contribution is -2.41. The Morgan fingerprint density at radius 3 is 2.07 bits per heavy atom. The van der Waals surface area contributed by atoms with E-state index in [-0.39, 0.29) is 18.3 Å². The van der Waals surface area contributed by atoms with Gasteiger partial charge in [0, 0.05) is 4.78 Å². The van der Waals surface area contributed by atoms with Crippen molar-refractivity contribution in [3.63, 3.8) is 0 Å². The Morgan fingerprint density at radius 1 is 1.13 bits per heavy atom. The first-order chi connectivity index (χ1) is 6.82. The van der Waals surface area contributed by atoms with Crippen LogP contribution in [0.2, 0.25) is 0 Å². The van der Waals surface area contributed by atoms with Crippen molar-refractivity contribution in [3.8, 4) is 0 Å². The predicted molar refractivity (Wildman–Crippen MR) is 65.4 cm³/mol. The van der Waals surface area contributed by atoms with Gasteiger partial charge in [-0.05, 0) is 32.5 Å². The van der Waals surface area contributed by atoms with E-state index in [4.69, 9.17) is 17.2 Å². The van der Waals surface area contributed by atoms with Crippen molar-refractivity contribution in [1.82, 2.24) is 0 Å². The highest BCUT2D eigenvalue weighted by Gasteiger charge is 2.52. The number of rotatable bonds is 1. The van der Waals surface area contributed by atoms with E-state index in [1.165, 1.54) is 11.3 Å². The van der Waals surface area contributed by atoms with Crippen molar-refractivity contribution in [2.45, 2.75) is 38.9 Å². The lowest BCUT2D eigenvalue weighted by atomic mass is 9.88. The minimum atomic E-state index is -0.281. The van der Waals surface area contributed by atoms with Crippen LogP contribution in [0.4, 0.5) is 0 Å². The Morgan fingerprint density at radius 2 is 1.67 bits per heavy atom. The summed E-state index contributed by atoms with van der Waals surface area (Å²) in [5.74, 6) is 0. The fourth-order valence-electron chi connectivity index (χ4n) is 1.45. The van der Waals surface area contributed by atoms with E-state index >= 15 is 0 Å². The Hall–Kier alpha value is -0.250. The molecule has 1 aromatic heterocycles. The molecule has 1 fully saturated rings. The van der Waals surface area contributed by atoms with Crippen molar-refractivity contribution in [3.05, 3.63) is 12.1 Å². The molecule has 5 heteroatoms. The van der Waals surface area contributed by atoms with Crippen molar-refractivity contribution >= 4 is 35.9 Å². The summed E-state index contributed by atoms with van der Waals surface area (Å²) < 4.78 is 13.6. The van der Waals surface area contributed by atoms with Gasteiger partial charge < -0.3 is 9.31 Å². The molecule has 0 bridgehead atoms. The lowest BCUT2D eigenvalue weighted by molar-refractivity contribution is 0.00578. The molecule has 2 nitrogen and oxygen atoms in total. The molecule has 0 saturated carbocycles. The molecule has 1 aromatic rings. The van der Waals surface area contributed by atoms with Gasteiger partial charge in [-0.25, -0.2) is 0 Å². The zero-order valence-corrected chi connectivity index (χ0v) is 10.4. The summed E-state index contributed by atoms with van der Waals surface area (Å²) in [5.41, 5.74) is -0.563. The molecule has 2 heterocycles. The van der Waals surface area contributed by atoms with E-state index < -0.39 is 0 Å². The summed E-state index contributed by atoms with van der Waals surface area (Å²) in [5, 5.41) is 0. The smallest absolute Gasteiger partial charge is 0.399 e. The second-order valence-corrected chi connectivity index (χ2v) is 5.98. The Balaban J connectivity index is 2.23. The first-order valence-electron chi connectivity index (χ1n) is 5.03. The van der Waals surface area contributed by atoms with Gasteiger partial charge in [-0.3, -0.25) is 0 Å². The van der Waals surface area contributed by atoms with E-state index in [0.717, 1.165) is 9.55 Å². The highest BCUT2D eigenvalue weighted by molar-refractivity contribution is 7.28. The highest BCUT2D eigenvalue weighted by Crippen LogP contribution is 2.36. The SMILES string of the molecule is [B]c1ccc(B2OC(C)(C)C(C)(C)O2)s1. The second kappa shape index (κ2) is 3.37. The third kappa shape index (κ3) is 1.88. The van der Waals surface area contributed by atoms with Gasteiger partial charge in [0.05, 0.1) is 11.2 Å². The average Bonchev–Trinajstić information content (AvgIpc) is 2.56. The van der Waals surface area contributed by atoms with Crippen molar-refractivity contribution < 1.29 is 9.31 Å². The maximum atomic E-state index is 5.90. The van der Waals surface area contributed by atoms with Gasteiger partial charge in [-0.1, -0.05) is 12.1 Å². The second-order valence-electron chi connectivity index (χ2n) is 4.83. The summed E-state index contributed by atoms with van der Waals surface area (Å²) in [4.78, 5) is 0. The molecule has 78 valence electrons. The van der Waals surface area contributed by atoms with E-state index in [9.17, 15) is 0 Å². The normalized spacial score (nSPS) is 23.3.